The molecular formula is C20H20FIN6O2. The number of halogens is 2. The Morgan fingerprint density at radius 2 is 2.17 bits per heavy atom. The molecule has 0 saturated heterocycles. The van der Waals surface area contributed by atoms with Crippen molar-refractivity contribution in [2.45, 2.75) is 31.7 Å². The van der Waals surface area contributed by atoms with E-state index in [9.17, 15) is 14.3 Å². The summed E-state index contributed by atoms with van der Waals surface area (Å²) in [7, 11) is 0. The van der Waals surface area contributed by atoms with Gasteiger partial charge in [0.25, 0.3) is 0 Å². The second-order valence-electron chi connectivity index (χ2n) is 8.21. The molecule has 3 aromatic rings. The first-order chi connectivity index (χ1) is 14.5. The van der Waals surface area contributed by atoms with Crippen molar-refractivity contribution in [3.05, 3.63) is 30.3 Å². The van der Waals surface area contributed by atoms with Crippen LogP contribution in [0.15, 0.2) is 24.5 Å². The lowest BCUT2D eigenvalue weighted by Crippen LogP contribution is -2.58. The van der Waals surface area contributed by atoms with Crippen LogP contribution in [0, 0.1) is 23.1 Å². The highest BCUT2D eigenvalue weighted by Gasteiger charge is 2.56. The van der Waals surface area contributed by atoms with Gasteiger partial charge in [0, 0.05) is 16.7 Å². The van der Waals surface area contributed by atoms with E-state index in [1.54, 1.807) is 12.3 Å². The third kappa shape index (κ3) is 3.12. The summed E-state index contributed by atoms with van der Waals surface area (Å²) in [5.41, 5.74) is 0.688. The molecule has 0 spiro atoms. The standard InChI is InChI=1S/C20H20FIN6O2/c21-11-7-12-16(27-28-17(12)24-8-11)18-23-6-3-13(26-18)25-15-10-1-4-20(9-22,5-2-10)14(15)19(29)30/h3,6-8,10,14-15H,1-2,4-5,9H2,(H,29,30)(H,23,25,26)(H,24,27,28). The molecule has 3 aromatic heterocycles. The first-order valence-electron chi connectivity index (χ1n) is 9.89. The van der Waals surface area contributed by atoms with Gasteiger partial charge in [-0.1, -0.05) is 22.6 Å². The number of carboxylic acid groups (broad SMARTS) is 1. The van der Waals surface area contributed by atoms with Crippen LogP contribution < -0.4 is 5.32 Å². The molecule has 2 unspecified atom stereocenters. The van der Waals surface area contributed by atoms with Crippen LogP contribution >= 0.6 is 22.6 Å². The predicted molar refractivity (Wildman–Crippen MR) is 117 cm³/mol. The first kappa shape index (κ1) is 19.6. The van der Waals surface area contributed by atoms with Gasteiger partial charge in [-0.2, -0.15) is 5.10 Å². The third-order valence-electron chi connectivity index (χ3n) is 6.65. The van der Waals surface area contributed by atoms with E-state index < -0.39 is 17.7 Å². The molecule has 0 radical (unpaired) electrons. The fraction of sp³-hybridized carbons (Fsp3) is 0.450. The van der Waals surface area contributed by atoms with Crippen molar-refractivity contribution in [3.8, 4) is 11.5 Å². The maximum Gasteiger partial charge on any atom is 0.309 e. The van der Waals surface area contributed by atoms with Gasteiger partial charge in [-0.05, 0) is 49.1 Å². The van der Waals surface area contributed by atoms with Crippen LogP contribution in [-0.2, 0) is 4.79 Å². The number of hydrogen-bond acceptors (Lipinski definition) is 6. The van der Waals surface area contributed by atoms with E-state index >= 15 is 0 Å². The Kier molecular flexibility index (Phi) is 4.83. The summed E-state index contributed by atoms with van der Waals surface area (Å²) in [6, 6.07) is 2.89. The van der Waals surface area contributed by atoms with Crippen LogP contribution in [0.4, 0.5) is 10.2 Å². The molecule has 2 bridgehead atoms. The van der Waals surface area contributed by atoms with Crippen LogP contribution in [0.3, 0.4) is 0 Å². The molecule has 156 valence electrons. The van der Waals surface area contributed by atoms with E-state index in [-0.39, 0.29) is 11.5 Å². The van der Waals surface area contributed by atoms with Crippen molar-refractivity contribution < 1.29 is 14.3 Å². The Labute approximate surface area is 185 Å². The quantitative estimate of drug-likeness (QED) is 0.346. The first-order valence-corrected chi connectivity index (χ1v) is 11.4. The van der Waals surface area contributed by atoms with Crippen molar-refractivity contribution in [3.63, 3.8) is 0 Å². The number of H-pyrrole nitrogens is 1. The number of carboxylic acids is 1. The maximum atomic E-state index is 13.7. The molecule has 3 saturated carbocycles. The molecule has 3 aliphatic rings. The molecule has 8 nitrogen and oxygen atoms in total. The topological polar surface area (TPSA) is 117 Å². The number of fused-ring (bicyclic) bond motifs is 4. The predicted octanol–water partition coefficient (Wildman–Crippen LogP) is 3.66. The van der Waals surface area contributed by atoms with E-state index in [1.165, 1.54) is 6.07 Å². The number of aromatic nitrogens is 5. The Bertz CT molecular complexity index is 1110. The van der Waals surface area contributed by atoms with Crippen molar-refractivity contribution in [2.24, 2.45) is 17.3 Å². The van der Waals surface area contributed by atoms with Crippen molar-refractivity contribution in [2.75, 3.05) is 9.74 Å². The number of carbonyl (C=O) groups is 1. The minimum absolute atomic E-state index is 0.170. The van der Waals surface area contributed by atoms with Gasteiger partial charge in [-0.25, -0.2) is 19.3 Å². The molecule has 3 fully saturated rings. The summed E-state index contributed by atoms with van der Waals surface area (Å²) < 4.78 is 14.5. The highest BCUT2D eigenvalue weighted by Crippen LogP contribution is 2.55. The number of nitrogens with zero attached hydrogens (tertiary/aromatic N) is 4. The van der Waals surface area contributed by atoms with Crippen LogP contribution in [0.25, 0.3) is 22.6 Å². The SMILES string of the molecule is O=C(O)C1C(Nc2ccnc(-c3n[nH]c4ncc(F)cc34)n2)C2CCC1(CI)CC2. The summed E-state index contributed by atoms with van der Waals surface area (Å²) in [5, 5.41) is 20.9. The smallest absolute Gasteiger partial charge is 0.309 e. The van der Waals surface area contributed by atoms with E-state index in [1.807, 2.05) is 0 Å². The van der Waals surface area contributed by atoms with Gasteiger partial charge in [0.15, 0.2) is 11.5 Å². The lowest BCUT2D eigenvalue weighted by molar-refractivity contribution is -0.153. The van der Waals surface area contributed by atoms with Gasteiger partial charge in [-0.15, -0.1) is 0 Å². The molecule has 0 aromatic carbocycles. The Morgan fingerprint density at radius 1 is 1.37 bits per heavy atom. The Balaban J connectivity index is 1.48. The average molecular weight is 522 g/mol. The maximum absolute atomic E-state index is 13.7. The van der Waals surface area contributed by atoms with Crippen LogP contribution in [0.1, 0.15) is 25.7 Å². The lowest BCUT2D eigenvalue weighted by Gasteiger charge is -2.54. The summed E-state index contributed by atoms with van der Waals surface area (Å²) >= 11 is 2.33. The fourth-order valence-corrected chi connectivity index (χ4v) is 6.38. The van der Waals surface area contributed by atoms with Gasteiger partial charge >= 0.3 is 5.97 Å². The molecule has 2 atom stereocenters. The lowest BCUT2D eigenvalue weighted by atomic mass is 9.53. The van der Waals surface area contributed by atoms with E-state index in [4.69, 9.17) is 0 Å². The molecule has 3 heterocycles. The van der Waals surface area contributed by atoms with Gasteiger partial charge in [0.1, 0.15) is 17.3 Å². The summed E-state index contributed by atoms with van der Waals surface area (Å²) in [6.07, 6.45) is 6.69. The fourth-order valence-electron chi connectivity index (χ4n) is 5.14. The number of pyridine rings is 1. The molecule has 3 N–H and O–H groups in total. The largest absolute Gasteiger partial charge is 0.481 e. The van der Waals surface area contributed by atoms with E-state index in [0.717, 1.165) is 36.3 Å². The minimum Gasteiger partial charge on any atom is -0.481 e. The third-order valence-corrected chi connectivity index (χ3v) is 8.17. The zero-order chi connectivity index (χ0) is 20.9. The van der Waals surface area contributed by atoms with E-state index in [0.29, 0.717) is 34.3 Å². The second kappa shape index (κ2) is 7.40. The molecule has 0 amide bonds. The van der Waals surface area contributed by atoms with Crippen LogP contribution in [0.5, 0.6) is 0 Å². The normalized spacial score (nSPS) is 28.0. The van der Waals surface area contributed by atoms with Gasteiger partial charge in [-0.3, -0.25) is 9.89 Å². The Morgan fingerprint density at radius 3 is 2.90 bits per heavy atom. The molecule has 10 heteroatoms. The van der Waals surface area contributed by atoms with E-state index in [2.05, 4.69) is 53.1 Å². The summed E-state index contributed by atoms with van der Waals surface area (Å²) in [4.78, 5) is 25.0. The number of aliphatic carboxylic acids is 1. The van der Waals surface area contributed by atoms with Crippen molar-refractivity contribution in [1.29, 1.82) is 0 Å². The van der Waals surface area contributed by atoms with Gasteiger partial charge < -0.3 is 10.4 Å². The van der Waals surface area contributed by atoms with Gasteiger partial charge in [0.2, 0.25) is 0 Å². The van der Waals surface area contributed by atoms with Crippen LogP contribution in [0.2, 0.25) is 0 Å². The number of hydrogen-bond donors (Lipinski definition) is 3. The molecular weight excluding hydrogens is 502 g/mol. The number of rotatable bonds is 5. The molecule has 3 aliphatic carbocycles. The molecule has 0 aliphatic heterocycles. The summed E-state index contributed by atoms with van der Waals surface area (Å²) in [5.74, 6) is -0.486. The Hall–Kier alpha value is -2.37. The second-order valence-corrected chi connectivity index (χ2v) is 8.97. The number of alkyl halides is 1. The zero-order valence-electron chi connectivity index (χ0n) is 16.0. The average Bonchev–Trinajstić information content (AvgIpc) is 3.17. The zero-order valence-corrected chi connectivity index (χ0v) is 18.1. The van der Waals surface area contributed by atoms with Crippen LogP contribution in [-0.4, -0.2) is 46.7 Å². The number of aromatic amines is 1. The molecule has 30 heavy (non-hydrogen) atoms. The highest BCUT2D eigenvalue weighted by atomic mass is 127. The summed E-state index contributed by atoms with van der Waals surface area (Å²) in [6.45, 7) is 0. The monoisotopic (exact) mass is 522 g/mol. The van der Waals surface area contributed by atoms with Gasteiger partial charge in [0.05, 0.1) is 17.5 Å². The number of nitrogens with one attached hydrogen (secondary N) is 2. The minimum atomic E-state index is -0.748. The van der Waals surface area contributed by atoms with Crippen molar-refractivity contribution >= 4 is 45.4 Å². The highest BCUT2D eigenvalue weighted by molar-refractivity contribution is 14.1. The van der Waals surface area contributed by atoms with Crippen molar-refractivity contribution in [1.82, 2.24) is 25.1 Å². The number of anilines is 1. The molecule has 6 rings (SSSR count).